The highest BCUT2D eigenvalue weighted by Crippen LogP contribution is 2.15. The van der Waals surface area contributed by atoms with E-state index in [1.165, 1.54) is 0 Å². The van der Waals surface area contributed by atoms with Crippen molar-refractivity contribution < 1.29 is 14.1 Å². The fourth-order valence-corrected chi connectivity index (χ4v) is 2.85. The molecule has 7 heteroatoms. The fourth-order valence-electron chi connectivity index (χ4n) is 2.85. The van der Waals surface area contributed by atoms with Gasteiger partial charge in [0.2, 0.25) is 0 Å². The average Bonchev–Trinajstić information content (AvgIpc) is 2.98. The summed E-state index contributed by atoms with van der Waals surface area (Å²) in [5.41, 5.74) is 4.28. The standard InChI is InChI=1S/C21H22N4O3/c1-13-6-4-8-17(10-13)23-21(27)24-18-9-5-7-16(11-18)12-22-20(26)19-14(2)25-28-15(19)3/h4-11H,12H2,1-3H3,(H,22,26)(H2,23,24,27). The molecule has 3 aromatic rings. The number of nitrogens with zero attached hydrogens (tertiary/aromatic N) is 1. The SMILES string of the molecule is Cc1cccc(NC(=O)Nc2cccc(CNC(=O)c3c(C)noc3C)c2)c1. The smallest absolute Gasteiger partial charge is 0.323 e. The van der Waals surface area contributed by atoms with Gasteiger partial charge >= 0.3 is 6.03 Å². The van der Waals surface area contributed by atoms with Crippen LogP contribution in [0.15, 0.2) is 53.1 Å². The van der Waals surface area contributed by atoms with Crippen LogP contribution in [0.2, 0.25) is 0 Å². The molecule has 2 aromatic carbocycles. The summed E-state index contributed by atoms with van der Waals surface area (Å²) in [5.74, 6) is 0.241. The maximum Gasteiger partial charge on any atom is 0.323 e. The molecule has 0 unspecified atom stereocenters. The third kappa shape index (κ3) is 4.76. The third-order valence-electron chi connectivity index (χ3n) is 4.17. The number of benzene rings is 2. The van der Waals surface area contributed by atoms with E-state index in [2.05, 4.69) is 21.1 Å². The summed E-state index contributed by atoms with van der Waals surface area (Å²) in [4.78, 5) is 24.5. The molecule has 0 aliphatic carbocycles. The summed E-state index contributed by atoms with van der Waals surface area (Å²) < 4.78 is 5.02. The van der Waals surface area contributed by atoms with Gasteiger partial charge in [0.05, 0.1) is 5.69 Å². The van der Waals surface area contributed by atoms with Gasteiger partial charge in [-0.25, -0.2) is 4.79 Å². The van der Waals surface area contributed by atoms with Crippen LogP contribution in [-0.4, -0.2) is 17.1 Å². The quantitative estimate of drug-likeness (QED) is 0.621. The van der Waals surface area contributed by atoms with Gasteiger partial charge in [0, 0.05) is 17.9 Å². The fraction of sp³-hybridized carbons (Fsp3) is 0.190. The second-order valence-corrected chi connectivity index (χ2v) is 6.53. The molecule has 0 radical (unpaired) electrons. The van der Waals surface area contributed by atoms with Crippen LogP contribution in [0.1, 0.15) is 32.9 Å². The lowest BCUT2D eigenvalue weighted by Crippen LogP contribution is -2.24. The molecule has 3 N–H and O–H groups in total. The Hall–Kier alpha value is -3.61. The lowest BCUT2D eigenvalue weighted by atomic mass is 10.1. The van der Waals surface area contributed by atoms with E-state index in [1.54, 1.807) is 19.9 Å². The molecule has 0 saturated carbocycles. The zero-order chi connectivity index (χ0) is 20.1. The Morgan fingerprint density at radius 2 is 1.64 bits per heavy atom. The molecule has 0 spiro atoms. The van der Waals surface area contributed by atoms with Crippen molar-refractivity contribution >= 4 is 23.3 Å². The Bertz CT molecular complexity index is 991. The number of carbonyl (C=O) groups is 2. The van der Waals surface area contributed by atoms with Crippen molar-refractivity contribution in [2.45, 2.75) is 27.3 Å². The number of aromatic nitrogens is 1. The number of rotatable bonds is 5. The van der Waals surface area contributed by atoms with Crippen LogP contribution in [0.5, 0.6) is 0 Å². The predicted molar refractivity (Wildman–Crippen MR) is 107 cm³/mol. The number of aryl methyl sites for hydroxylation is 3. The average molecular weight is 378 g/mol. The molecule has 0 aliphatic heterocycles. The van der Waals surface area contributed by atoms with Crippen LogP contribution in [0.4, 0.5) is 16.2 Å². The van der Waals surface area contributed by atoms with Gasteiger partial charge in [0.15, 0.2) is 0 Å². The Morgan fingerprint density at radius 3 is 2.29 bits per heavy atom. The zero-order valence-corrected chi connectivity index (χ0v) is 16.0. The van der Waals surface area contributed by atoms with Crippen molar-refractivity contribution in [3.05, 3.63) is 76.7 Å². The summed E-state index contributed by atoms with van der Waals surface area (Å²) in [6.07, 6.45) is 0. The Balaban J connectivity index is 1.59. The summed E-state index contributed by atoms with van der Waals surface area (Å²) in [6.45, 7) is 5.70. The summed E-state index contributed by atoms with van der Waals surface area (Å²) in [6, 6.07) is 14.5. The van der Waals surface area contributed by atoms with Crippen molar-refractivity contribution in [3.63, 3.8) is 0 Å². The van der Waals surface area contributed by atoms with Crippen molar-refractivity contribution in [2.75, 3.05) is 10.6 Å². The number of anilines is 2. The number of amides is 3. The molecule has 144 valence electrons. The van der Waals surface area contributed by atoms with E-state index in [0.717, 1.165) is 16.8 Å². The van der Waals surface area contributed by atoms with E-state index < -0.39 is 0 Å². The van der Waals surface area contributed by atoms with E-state index in [0.29, 0.717) is 29.2 Å². The molecule has 28 heavy (non-hydrogen) atoms. The number of carbonyl (C=O) groups excluding carboxylic acids is 2. The van der Waals surface area contributed by atoms with Crippen LogP contribution in [0.25, 0.3) is 0 Å². The van der Waals surface area contributed by atoms with Gasteiger partial charge in [0.25, 0.3) is 5.91 Å². The highest BCUT2D eigenvalue weighted by Gasteiger charge is 2.17. The highest BCUT2D eigenvalue weighted by atomic mass is 16.5. The van der Waals surface area contributed by atoms with Gasteiger partial charge in [-0.3, -0.25) is 4.79 Å². The minimum absolute atomic E-state index is 0.244. The second-order valence-electron chi connectivity index (χ2n) is 6.53. The largest absolute Gasteiger partial charge is 0.361 e. The Kier molecular flexibility index (Phi) is 5.74. The predicted octanol–water partition coefficient (Wildman–Crippen LogP) is 4.17. The first-order valence-electron chi connectivity index (χ1n) is 8.87. The molecule has 1 aromatic heterocycles. The van der Waals surface area contributed by atoms with Gasteiger partial charge < -0.3 is 20.5 Å². The van der Waals surface area contributed by atoms with Gasteiger partial charge in [-0.1, -0.05) is 29.4 Å². The molecule has 0 saturated heterocycles. The van der Waals surface area contributed by atoms with Gasteiger partial charge in [0.1, 0.15) is 11.3 Å². The highest BCUT2D eigenvalue weighted by molar-refractivity contribution is 6.00. The van der Waals surface area contributed by atoms with Crippen LogP contribution in [0.3, 0.4) is 0 Å². The lowest BCUT2D eigenvalue weighted by molar-refractivity contribution is 0.0949. The van der Waals surface area contributed by atoms with Crippen LogP contribution in [-0.2, 0) is 6.54 Å². The molecule has 0 bridgehead atoms. The molecule has 3 rings (SSSR count). The first kappa shape index (κ1) is 19.2. The minimum atomic E-state index is -0.331. The number of hydrogen-bond acceptors (Lipinski definition) is 4. The Labute approximate surface area is 163 Å². The number of nitrogens with one attached hydrogen (secondary N) is 3. The van der Waals surface area contributed by atoms with E-state index in [-0.39, 0.29) is 11.9 Å². The molecule has 0 fully saturated rings. The first-order valence-corrected chi connectivity index (χ1v) is 8.87. The number of hydrogen-bond donors (Lipinski definition) is 3. The van der Waals surface area contributed by atoms with E-state index in [1.807, 2.05) is 49.4 Å². The molecular weight excluding hydrogens is 356 g/mol. The first-order chi connectivity index (χ1) is 13.4. The molecule has 3 amide bonds. The van der Waals surface area contributed by atoms with Crippen molar-refractivity contribution in [1.29, 1.82) is 0 Å². The lowest BCUT2D eigenvalue weighted by Gasteiger charge is -2.10. The molecular formula is C21H22N4O3. The summed E-state index contributed by atoms with van der Waals surface area (Å²) >= 11 is 0. The van der Waals surface area contributed by atoms with Crippen molar-refractivity contribution in [2.24, 2.45) is 0 Å². The van der Waals surface area contributed by atoms with E-state index in [9.17, 15) is 9.59 Å². The molecule has 7 nitrogen and oxygen atoms in total. The second kappa shape index (κ2) is 8.39. The number of urea groups is 1. The maximum absolute atomic E-state index is 12.3. The van der Waals surface area contributed by atoms with Gasteiger partial charge in [-0.05, 0) is 56.2 Å². The van der Waals surface area contributed by atoms with E-state index >= 15 is 0 Å². The van der Waals surface area contributed by atoms with Crippen LogP contribution in [0, 0.1) is 20.8 Å². The molecule has 0 atom stereocenters. The molecule has 1 heterocycles. The van der Waals surface area contributed by atoms with Crippen LogP contribution < -0.4 is 16.0 Å². The van der Waals surface area contributed by atoms with Crippen molar-refractivity contribution in [1.82, 2.24) is 10.5 Å². The normalized spacial score (nSPS) is 10.4. The monoisotopic (exact) mass is 378 g/mol. The van der Waals surface area contributed by atoms with Gasteiger partial charge in [-0.15, -0.1) is 0 Å². The molecule has 0 aliphatic rings. The van der Waals surface area contributed by atoms with Crippen LogP contribution >= 0.6 is 0 Å². The van der Waals surface area contributed by atoms with Gasteiger partial charge in [-0.2, -0.15) is 0 Å². The third-order valence-corrected chi connectivity index (χ3v) is 4.17. The summed E-state index contributed by atoms with van der Waals surface area (Å²) in [7, 11) is 0. The Morgan fingerprint density at radius 1 is 0.964 bits per heavy atom. The van der Waals surface area contributed by atoms with Crippen molar-refractivity contribution in [3.8, 4) is 0 Å². The zero-order valence-electron chi connectivity index (χ0n) is 16.0. The maximum atomic E-state index is 12.3. The summed E-state index contributed by atoms with van der Waals surface area (Å²) in [5, 5.41) is 12.2. The minimum Gasteiger partial charge on any atom is -0.361 e. The van der Waals surface area contributed by atoms with E-state index in [4.69, 9.17) is 4.52 Å². The topological polar surface area (TPSA) is 96.3 Å².